The Kier molecular flexibility index (Phi) is 5.06. The van der Waals surface area contributed by atoms with Crippen molar-refractivity contribution in [3.63, 3.8) is 0 Å². The molecule has 9 nitrogen and oxygen atoms in total. The number of ether oxygens (including phenoxy) is 1. The third-order valence-electron chi connectivity index (χ3n) is 6.49. The van der Waals surface area contributed by atoms with Gasteiger partial charge in [-0.05, 0) is 48.1 Å². The number of halogens is 3. The minimum atomic E-state index is -4.47. The molecule has 1 aliphatic carbocycles. The Morgan fingerprint density at radius 2 is 1.97 bits per heavy atom. The third-order valence-corrected chi connectivity index (χ3v) is 6.49. The molecule has 1 saturated carbocycles. The summed E-state index contributed by atoms with van der Waals surface area (Å²) < 4.78 is 45.3. The highest BCUT2D eigenvalue weighted by molar-refractivity contribution is 6.00. The van der Waals surface area contributed by atoms with Crippen molar-refractivity contribution in [1.82, 2.24) is 30.2 Å². The molecular formula is C24H19F3N6O3. The largest absolute Gasteiger partial charge is 0.482 e. The summed E-state index contributed by atoms with van der Waals surface area (Å²) in [6.07, 6.45) is 1.08. The van der Waals surface area contributed by atoms with E-state index >= 15 is 0 Å². The Morgan fingerprint density at radius 1 is 1.11 bits per heavy atom. The number of imide groups is 1. The van der Waals surface area contributed by atoms with Gasteiger partial charge in [-0.25, -0.2) is 14.3 Å². The van der Waals surface area contributed by atoms with Crippen LogP contribution in [0.2, 0.25) is 0 Å². The van der Waals surface area contributed by atoms with Gasteiger partial charge in [0.2, 0.25) is 5.91 Å². The van der Waals surface area contributed by atoms with E-state index in [4.69, 9.17) is 4.74 Å². The van der Waals surface area contributed by atoms with Gasteiger partial charge >= 0.3 is 12.2 Å². The first kappa shape index (κ1) is 22.3. The number of nitrogens with one attached hydrogen (secondary N) is 2. The predicted molar refractivity (Wildman–Crippen MR) is 121 cm³/mol. The molecule has 1 saturated heterocycles. The Morgan fingerprint density at radius 3 is 2.78 bits per heavy atom. The van der Waals surface area contributed by atoms with E-state index < -0.39 is 30.6 Å². The number of carbonyl (C=O) groups excluding carboxylic acids is 2. The Bertz CT molecular complexity index is 1520. The quantitative estimate of drug-likeness (QED) is 0.438. The highest BCUT2D eigenvalue weighted by Crippen LogP contribution is 2.56. The second-order valence-electron chi connectivity index (χ2n) is 8.92. The number of nitrogens with zero attached hydrogens (tertiary/aromatic N) is 4. The van der Waals surface area contributed by atoms with Crippen LogP contribution in [0.1, 0.15) is 41.0 Å². The lowest BCUT2D eigenvalue weighted by atomic mass is 9.98. The van der Waals surface area contributed by atoms with E-state index in [-0.39, 0.29) is 24.1 Å². The minimum absolute atomic E-state index is 0.0125. The van der Waals surface area contributed by atoms with Gasteiger partial charge in [0, 0.05) is 36.1 Å². The summed E-state index contributed by atoms with van der Waals surface area (Å²) in [6, 6.07) is 8.34. The van der Waals surface area contributed by atoms with E-state index in [0.29, 0.717) is 22.2 Å². The van der Waals surface area contributed by atoms with Crippen molar-refractivity contribution in [2.45, 2.75) is 30.4 Å². The number of amides is 3. The van der Waals surface area contributed by atoms with Crippen LogP contribution < -0.4 is 15.4 Å². The molecule has 0 spiro atoms. The zero-order valence-electron chi connectivity index (χ0n) is 18.6. The molecule has 0 radical (unpaired) electrons. The molecule has 3 amide bonds. The zero-order valence-corrected chi connectivity index (χ0v) is 18.6. The first-order valence-electron chi connectivity index (χ1n) is 11.3. The summed E-state index contributed by atoms with van der Waals surface area (Å²) in [5.74, 6) is -0.972. The maximum absolute atomic E-state index is 12.8. The maximum Gasteiger partial charge on any atom is 0.422 e. The Hall–Kier alpha value is -4.22. The SMILES string of the molecule is O=C1NCC(c2cc([C@H]3C[C@@H]3c3cc(OCC(F)(F)F)c4ncccc4c3)c3nccn3n2)C(=O)N1. The van der Waals surface area contributed by atoms with Crippen LogP contribution in [-0.2, 0) is 4.79 Å². The Labute approximate surface area is 201 Å². The lowest BCUT2D eigenvalue weighted by Crippen LogP contribution is -2.51. The third kappa shape index (κ3) is 4.08. The van der Waals surface area contributed by atoms with Crippen molar-refractivity contribution in [3.05, 3.63) is 65.7 Å². The van der Waals surface area contributed by atoms with Gasteiger partial charge in [-0.2, -0.15) is 18.3 Å². The monoisotopic (exact) mass is 496 g/mol. The fraction of sp³-hybridized carbons (Fsp3) is 0.292. The lowest BCUT2D eigenvalue weighted by molar-refractivity contribution is -0.153. The number of benzene rings is 1. The minimum Gasteiger partial charge on any atom is -0.482 e. The zero-order chi connectivity index (χ0) is 25.0. The second-order valence-corrected chi connectivity index (χ2v) is 8.92. The molecule has 4 aromatic rings. The lowest BCUT2D eigenvalue weighted by Gasteiger charge is -2.22. The summed E-state index contributed by atoms with van der Waals surface area (Å²) >= 11 is 0. The molecule has 2 fully saturated rings. The number of carbonyl (C=O) groups is 2. The van der Waals surface area contributed by atoms with Crippen molar-refractivity contribution >= 4 is 28.5 Å². The van der Waals surface area contributed by atoms with Crippen LogP contribution in [0.5, 0.6) is 5.75 Å². The van der Waals surface area contributed by atoms with Crippen LogP contribution in [0, 0.1) is 0 Å². The smallest absolute Gasteiger partial charge is 0.422 e. The second kappa shape index (κ2) is 8.18. The number of fused-ring (bicyclic) bond motifs is 2. The summed E-state index contributed by atoms with van der Waals surface area (Å²) in [4.78, 5) is 32.5. The number of pyridine rings is 1. The van der Waals surface area contributed by atoms with E-state index in [1.54, 1.807) is 35.1 Å². The molecule has 6 rings (SSSR count). The van der Waals surface area contributed by atoms with Crippen LogP contribution in [0.15, 0.2) is 48.9 Å². The summed E-state index contributed by atoms with van der Waals surface area (Å²) in [5.41, 5.74) is 3.22. The fourth-order valence-corrected chi connectivity index (χ4v) is 4.75. The van der Waals surface area contributed by atoms with E-state index in [9.17, 15) is 22.8 Å². The van der Waals surface area contributed by atoms with E-state index in [0.717, 1.165) is 17.5 Å². The normalized spacial score (nSPS) is 21.9. The molecule has 3 atom stereocenters. The number of hydrogen-bond acceptors (Lipinski definition) is 6. The molecule has 2 N–H and O–H groups in total. The molecule has 1 aliphatic heterocycles. The molecule has 1 aromatic carbocycles. The van der Waals surface area contributed by atoms with Gasteiger partial charge in [0.25, 0.3) is 0 Å². The molecule has 1 unspecified atom stereocenters. The van der Waals surface area contributed by atoms with Crippen molar-refractivity contribution in [3.8, 4) is 5.75 Å². The summed E-state index contributed by atoms with van der Waals surface area (Å²) in [6.45, 7) is -1.28. The number of alkyl halides is 3. The molecule has 3 aromatic heterocycles. The van der Waals surface area contributed by atoms with Crippen molar-refractivity contribution in [2.24, 2.45) is 0 Å². The van der Waals surface area contributed by atoms with Gasteiger partial charge in [0.1, 0.15) is 11.3 Å². The number of rotatable bonds is 5. The highest BCUT2D eigenvalue weighted by Gasteiger charge is 2.42. The van der Waals surface area contributed by atoms with Crippen LogP contribution in [0.4, 0.5) is 18.0 Å². The van der Waals surface area contributed by atoms with Crippen LogP contribution in [0.25, 0.3) is 16.6 Å². The van der Waals surface area contributed by atoms with Gasteiger partial charge in [0.15, 0.2) is 12.3 Å². The van der Waals surface area contributed by atoms with Crippen molar-refractivity contribution in [2.75, 3.05) is 13.2 Å². The maximum atomic E-state index is 12.8. The molecule has 12 heteroatoms. The molecule has 4 heterocycles. The molecular weight excluding hydrogens is 477 g/mol. The molecule has 2 aliphatic rings. The average Bonchev–Trinajstić information content (AvgIpc) is 3.49. The molecule has 0 bridgehead atoms. The van der Waals surface area contributed by atoms with Gasteiger partial charge < -0.3 is 10.1 Å². The molecule has 36 heavy (non-hydrogen) atoms. The molecule has 184 valence electrons. The van der Waals surface area contributed by atoms with E-state index in [1.807, 2.05) is 12.1 Å². The first-order valence-corrected chi connectivity index (χ1v) is 11.3. The van der Waals surface area contributed by atoms with Gasteiger partial charge in [-0.1, -0.05) is 6.07 Å². The van der Waals surface area contributed by atoms with E-state index in [1.165, 1.54) is 6.20 Å². The number of imidazole rings is 1. The van der Waals surface area contributed by atoms with Crippen LogP contribution in [0.3, 0.4) is 0 Å². The topological polar surface area (TPSA) is 111 Å². The van der Waals surface area contributed by atoms with Gasteiger partial charge in [-0.3, -0.25) is 15.1 Å². The highest BCUT2D eigenvalue weighted by atomic mass is 19.4. The first-order chi connectivity index (χ1) is 17.3. The summed E-state index contributed by atoms with van der Waals surface area (Å²) in [5, 5.41) is 10.1. The number of aromatic nitrogens is 4. The summed E-state index contributed by atoms with van der Waals surface area (Å²) in [7, 11) is 0. The van der Waals surface area contributed by atoms with Crippen LogP contribution in [-0.4, -0.2) is 50.8 Å². The van der Waals surface area contributed by atoms with Crippen molar-refractivity contribution < 1.29 is 27.5 Å². The van der Waals surface area contributed by atoms with Gasteiger partial charge in [-0.15, -0.1) is 0 Å². The van der Waals surface area contributed by atoms with Crippen LogP contribution >= 0.6 is 0 Å². The predicted octanol–water partition coefficient (Wildman–Crippen LogP) is 3.41. The average molecular weight is 496 g/mol. The number of urea groups is 1. The number of hydrogen-bond donors (Lipinski definition) is 2. The van der Waals surface area contributed by atoms with Gasteiger partial charge in [0.05, 0.1) is 11.6 Å². The van der Waals surface area contributed by atoms with Crippen molar-refractivity contribution in [1.29, 1.82) is 0 Å². The van der Waals surface area contributed by atoms with E-state index in [2.05, 4.69) is 25.7 Å². The standard InChI is InChI=1S/C24H19F3N6O3/c25-24(26,27)11-36-19-7-13(6-12-2-1-3-28-20(12)19)14-8-15(14)16-9-18(32-33-5-4-29-21(16)33)17-10-30-23(35)31-22(17)34/h1-7,9,14-15,17H,8,10-11H2,(H2,30,31,34,35)/t14-,15+,17?/m1/s1. The fourth-order valence-electron chi connectivity index (χ4n) is 4.75. The Balaban J connectivity index is 1.35.